The lowest BCUT2D eigenvalue weighted by Crippen LogP contribution is -2.04. The van der Waals surface area contributed by atoms with Crippen molar-refractivity contribution in [3.8, 4) is 0 Å². The highest BCUT2D eigenvalue weighted by molar-refractivity contribution is 8.13. The van der Waals surface area contributed by atoms with E-state index in [1.54, 1.807) is 4.68 Å². The minimum atomic E-state index is -3.86. The summed E-state index contributed by atoms with van der Waals surface area (Å²) in [6.45, 7) is 4.83. The molecular weight excluding hydrogens is 319 g/mol. The van der Waals surface area contributed by atoms with Crippen LogP contribution in [-0.2, 0) is 15.6 Å². The fraction of sp³-hybridized carbons (Fsp3) is 0.769. The summed E-state index contributed by atoms with van der Waals surface area (Å²) in [5.41, 5.74) is 0.561. The summed E-state index contributed by atoms with van der Waals surface area (Å²) in [4.78, 5) is 0.0245. The molecule has 1 aromatic heterocycles. The number of aromatic nitrogens is 2. The monoisotopic (exact) mass is 338 g/mol. The van der Waals surface area contributed by atoms with Crippen molar-refractivity contribution in [3.63, 3.8) is 0 Å². The van der Waals surface area contributed by atoms with Crippen LogP contribution in [0.4, 0.5) is 0 Å². The molecule has 2 rings (SSSR count). The van der Waals surface area contributed by atoms with Gasteiger partial charge in [0.15, 0.2) is 0 Å². The van der Waals surface area contributed by atoms with Crippen molar-refractivity contribution in [2.75, 3.05) is 0 Å². The second kappa shape index (κ2) is 6.24. The molecule has 0 unspecified atom stereocenters. The van der Waals surface area contributed by atoms with E-state index in [1.807, 2.05) is 0 Å². The number of hydrogen-bond acceptors (Lipinski definition) is 3. The molecule has 0 atom stereocenters. The van der Waals surface area contributed by atoms with Crippen LogP contribution >= 0.6 is 22.3 Å². The second-order valence-corrected chi connectivity index (χ2v) is 8.69. The van der Waals surface area contributed by atoms with Crippen molar-refractivity contribution in [2.45, 2.75) is 63.3 Å². The third kappa shape index (κ3) is 3.49. The molecule has 114 valence electrons. The Kier molecular flexibility index (Phi) is 5.03. The van der Waals surface area contributed by atoms with E-state index in [1.165, 1.54) is 0 Å². The Labute approximate surface area is 129 Å². The molecule has 4 nitrogen and oxygen atoms in total. The van der Waals surface area contributed by atoms with Gasteiger partial charge in [-0.25, -0.2) is 8.42 Å². The average molecular weight is 339 g/mol. The zero-order chi connectivity index (χ0) is 14.9. The summed E-state index contributed by atoms with van der Waals surface area (Å²) in [7, 11) is 1.70. The van der Waals surface area contributed by atoms with Gasteiger partial charge in [-0.05, 0) is 25.2 Å². The van der Waals surface area contributed by atoms with Crippen LogP contribution in [0.1, 0.15) is 57.6 Å². The summed E-state index contributed by atoms with van der Waals surface area (Å²) < 4.78 is 25.2. The number of aryl methyl sites for hydroxylation is 1. The van der Waals surface area contributed by atoms with Crippen LogP contribution < -0.4 is 0 Å². The summed E-state index contributed by atoms with van der Waals surface area (Å²) in [5, 5.41) is 4.61. The highest BCUT2D eigenvalue weighted by atomic mass is 35.7. The van der Waals surface area contributed by atoms with Crippen LogP contribution in [0.2, 0.25) is 5.15 Å². The van der Waals surface area contributed by atoms with Crippen LogP contribution in [0.15, 0.2) is 4.90 Å². The van der Waals surface area contributed by atoms with Gasteiger partial charge in [0.2, 0.25) is 0 Å². The zero-order valence-electron chi connectivity index (χ0n) is 11.8. The first-order valence-corrected chi connectivity index (χ1v) is 9.70. The molecule has 1 aliphatic carbocycles. The van der Waals surface area contributed by atoms with E-state index in [9.17, 15) is 8.42 Å². The van der Waals surface area contributed by atoms with Gasteiger partial charge in [-0.15, -0.1) is 0 Å². The highest BCUT2D eigenvalue weighted by Crippen LogP contribution is 2.40. The average Bonchev–Trinajstić information content (AvgIpc) is 2.92. The maximum Gasteiger partial charge on any atom is 0.266 e. The van der Waals surface area contributed by atoms with Gasteiger partial charge >= 0.3 is 0 Å². The van der Waals surface area contributed by atoms with Gasteiger partial charge in [0, 0.05) is 23.1 Å². The fourth-order valence-electron chi connectivity index (χ4n) is 2.66. The van der Waals surface area contributed by atoms with Gasteiger partial charge in [0.25, 0.3) is 9.05 Å². The number of hydrogen-bond donors (Lipinski definition) is 0. The SMILES string of the molecule is CC(C)CCn1nc(C2CCCC2)c(S(=O)(=O)Cl)c1Cl. The molecule has 20 heavy (non-hydrogen) atoms. The van der Waals surface area contributed by atoms with Crippen molar-refractivity contribution in [1.29, 1.82) is 0 Å². The molecule has 1 saturated carbocycles. The Morgan fingerprint density at radius 2 is 1.95 bits per heavy atom. The van der Waals surface area contributed by atoms with Gasteiger partial charge in [0.05, 0.1) is 5.69 Å². The first kappa shape index (κ1) is 16.1. The Bertz CT molecular complexity index is 575. The predicted molar refractivity (Wildman–Crippen MR) is 80.9 cm³/mol. The van der Waals surface area contributed by atoms with E-state index in [4.69, 9.17) is 22.3 Å². The quantitative estimate of drug-likeness (QED) is 0.757. The molecule has 1 heterocycles. The van der Waals surface area contributed by atoms with Gasteiger partial charge in [-0.2, -0.15) is 5.10 Å². The predicted octanol–water partition coefficient (Wildman–Crippen LogP) is 4.17. The third-order valence-electron chi connectivity index (χ3n) is 3.78. The highest BCUT2D eigenvalue weighted by Gasteiger charge is 2.32. The summed E-state index contributed by atoms with van der Waals surface area (Å²) in [6.07, 6.45) is 5.01. The molecule has 0 aromatic carbocycles. The first-order valence-electron chi connectivity index (χ1n) is 7.01. The molecule has 0 radical (unpaired) electrons. The van der Waals surface area contributed by atoms with Crippen LogP contribution in [0.3, 0.4) is 0 Å². The van der Waals surface area contributed by atoms with Crippen LogP contribution in [0.5, 0.6) is 0 Å². The first-order chi connectivity index (χ1) is 9.30. The van der Waals surface area contributed by atoms with E-state index >= 15 is 0 Å². The number of nitrogens with zero attached hydrogens (tertiary/aromatic N) is 2. The fourth-order valence-corrected chi connectivity index (χ4v) is 4.53. The van der Waals surface area contributed by atoms with Crippen LogP contribution in [0, 0.1) is 5.92 Å². The van der Waals surface area contributed by atoms with E-state index in [0.29, 0.717) is 18.2 Å². The molecule has 1 aromatic rings. The Morgan fingerprint density at radius 1 is 1.35 bits per heavy atom. The largest absolute Gasteiger partial charge is 0.266 e. The normalized spacial score (nSPS) is 17.2. The standard InChI is InChI=1S/C13H20Cl2N2O2S/c1-9(2)7-8-17-13(14)12(20(15,18)19)11(16-17)10-5-3-4-6-10/h9-10H,3-8H2,1-2H3. The molecule has 1 fully saturated rings. The summed E-state index contributed by atoms with van der Waals surface area (Å²) in [6, 6.07) is 0. The zero-order valence-corrected chi connectivity index (χ0v) is 14.1. The van der Waals surface area contributed by atoms with Crippen molar-refractivity contribution >= 4 is 31.3 Å². The molecule has 0 spiro atoms. The van der Waals surface area contributed by atoms with E-state index < -0.39 is 9.05 Å². The lowest BCUT2D eigenvalue weighted by Gasteiger charge is -2.06. The molecule has 0 bridgehead atoms. The van der Waals surface area contributed by atoms with E-state index in [-0.39, 0.29) is 16.0 Å². The third-order valence-corrected chi connectivity index (χ3v) is 5.63. The Morgan fingerprint density at radius 3 is 2.45 bits per heavy atom. The number of rotatable bonds is 5. The molecule has 0 aliphatic heterocycles. The topological polar surface area (TPSA) is 52.0 Å². The van der Waals surface area contributed by atoms with Crippen LogP contribution in [-0.4, -0.2) is 18.2 Å². The lowest BCUT2D eigenvalue weighted by molar-refractivity contribution is 0.481. The maximum absolute atomic E-state index is 11.8. The van der Waals surface area contributed by atoms with Gasteiger partial charge in [0.1, 0.15) is 10.0 Å². The second-order valence-electron chi connectivity index (χ2n) is 5.83. The van der Waals surface area contributed by atoms with Gasteiger partial charge in [-0.3, -0.25) is 4.68 Å². The number of halogens is 2. The van der Waals surface area contributed by atoms with Crippen molar-refractivity contribution in [2.24, 2.45) is 5.92 Å². The Balaban J connectivity index is 2.41. The van der Waals surface area contributed by atoms with Crippen LogP contribution in [0.25, 0.3) is 0 Å². The van der Waals surface area contributed by atoms with Gasteiger partial charge < -0.3 is 0 Å². The van der Waals surface area contributed by atoms with Crippen molar-refractivity contribution in [3.05, 3.63) is 10.8 Å². The smallest absolute Gasteiger partial charge is 0.252 e. The summed E-state index contributed by atoms with van der Waals surface area (Å²) in [5.74, 6) is 0.664. The molecule has 1 aliphatic rings. The molecule has 0 saturated heterocycles. The minimum Gasteiger partial charge on any atom is -0.252 e. The van der Waals surface area contributed by atoms with E-state index in [0.717, 1.165) is 32.1 Å². The molecule has 7 heteroatoms. The minimum absolute atomic E-state index is 0.0245. The molecule has 0 amide bonds. The van der Waals surface area contributed by atoms with Crippen molar-refractivity contribution < 1.29 is 8.42 Å². The lowest BCUT2D eigenvalue weighted by atomic mass is 10.1. The van der Waals surface area contributed by atoms with Gasteiger partial charge in [-0.1, -0.05) is 38.3 Å². The van der Waals surface area contributed by atoms with E-state index in [2.05, 4.69) is 18.9 Å². The van der Waals surface area contributed by atoms with Crippen molar-refractivity contribution in [1.82, 2.24) is 9.78 Å². The molecule has 0 N–H and O–H groups in total. The maximum atomic E-state index is 11.8. The summed E-state index contributed by atoms with van der Waals surface area (Å²) >= 11 is 6.21. The molecular formula is C13H20Cl2N2O2S. The Hall–Kier alpha value is -0.260.